The molecule has 1 aromatic rings. The predicted octanol–water partition coefficient (Wildman–Crippen LogP) is 2.74. The van der Waals surface area contributed by atoms with Crippen molar-refractivity contribution in [3.63, 3.8) is 0 Å². The largest absolute Gasteiger partial charge is 0.493 e. The third kappa shape index (κ3) is 1.11. The van der Waals surface area contributed by atoms with Gasteiger partial charge in [-0.1, -0.05) is 24.3 Å². The second kappa shape index (κ2) is 3.02. The van der Waals surface area contributed by atoms with Gasteiger partial charge in [0.2, 0.25) is 0 Å². The first kappa shape index (κ1) is 7.41. The first-order valence-corrected chi connectivity index (χ1v) is 4.26. The minimum atomic E-state index is 0.481. The Bertz CT molecular complexity index is 291. The molecule has 0 saturated heterocycles. The number of para-hydroxylation sites is 1. The molecule has 62 valence electrons. The van der Waals surface area contributed by atoms with Crippen LogP contribution in [0.4, 0.5) is 0 Å². The summed E-state index contributed by atoms with van der Waals surface area (Å²) in [7, 11) is 0. The SMILES string of the molecule is C=CC1CCOc2ccccc21. The van der Waals surface area contributed by atoms with E-state index in [0.717, 1.165) is 18.8 Å². The van der Waals surface area contributed by atoms with E-state index in [0.29, 0.717) is 5.92 Å². The zero-order chi connectivity index (χ0) is 8.39. The molecule has 1 heterocycles. The highest BCUT2D eigenvalue weighted by atomic mass is 16.5. The van der Waals surface area contributed by atoms with Gasteiger partial charge in [-0.15, -0.1) is 6.58 Å². The van der Waals surface area contributed by atoms with Crippen molar-refractivity contribution in [1.29, 1.82) is 0 Å². The van der Waals surface area contributed by atoms with Crippen molar-refractivity contribution in [3.8, 4) is 5.75 Å². The molecule has 1 aliphatic rings. The molecule has 0 amide bonds. The Kier molecular flexibility index (Phi) is 1.86. The number of allylic oxidation sites excluding steroid dienone is 1. The van der Waals surface area contributed by atoms with E-state index in [1.54, 1.807) is 0 Å². The van der Waals surface area contributed by atoms with Gasteiger partial charge in [-0.05, 0) is 12.5 Å². The van der Waals surface area contributed by atoms with Crippen LogP contribution >= 0.6 is 0 Å². The van der Waals surface area contributed by atoms with Crippen LogP contribution in [0.1, 0.15) is 17.9 Å². The van der Waals surface area contributed by atoms with Gasteiger partial charge in [-0.3, -0.25) is 0 Å². The minimum Gasteiger partial charge on any atom is -0.493 e. The zero-order valence-corrected chi connectivity index (χ0v) is 6.99. The van der Waals surface area contributed by atoms with Crippen molar-refractivity contribution in [2.75, 3.05) is 6.61 Å². The standard InChI is InChI=1S/C11H12O/c1-2-9-7-8-12-11-6-4-3-5-10(9)11/h2-6,9H,1,7-8H2. The van der Waals surface area contributed by atoms with Crippen molar-refractivity contribution in [3.05, 3.63) is 42.5 Å². The van der Waals surface area contributed by atoms with Crippen molar-refractivity contribution in [2.24, 2.45) is 0 Å². The summed E-state index contributed by atoms with van der Waals surface area (Å²) in [6, 6.07) is 8.18. The van der Waals surface area contributed by atoms with Crippen LogP contribution in [0.25, 0.3) is 0 Å². The van der Waals surface area contributed by atoms with Crippen LogP contribution in [0, 0.1) is 0 Å². The summed E-state index contributed by atoms with van der Waals surface area (Å²) < 4.78 is 5.51. The first-order chi connectivity index (χ1) is 5.92. The summed E-state index contributed by atoms with van der Waals surface area (Å²) in [6.07, 6.45) is 3.06. The maximum Gasteiger partial charge on any atom is 0.123 e. The molecule has 0 saturated carbocycles. The second-order valence-electron chi connectivity index (χ2n) is 3.02. The molecule has 0 radical (unpaired) electrons. The van der Waals surface area contributed by atoms with Crippen LogP contribution in [-0.4, -0.2) is 6.61 Å². The minimum absolute atomic E-state index is 0.481. The highest BCUT2D eigenvalue weighted by Gasteiger charge is 2.17. The number of ether oxygens (including phenoxy) is 1. The Morgan fingerprint density at radius 1 is 1.42 bits per heavy atom. The monoisotopic (exact) mass is 160 g/mol. The smallest absolute Gasteiger partial charge is 0.123 e. The van der Waals surface area contributed by atoms with E-state index in [4.69, 9.17) is 4.74 Å². The van der Waals surface area contributed by atoms with Crippen molar-refractivity contribution in [2.45, 2.75) is 12.3 Å². The molecule has 1 atom stereocenters. The van der Waals surface area contributed by atoms with E-state index in [2.05, 4.69) is 12.6 Å². The topological polar surface area (TPSA) is 9.23 Å². The molecule has 0 aliphatic carbocycles. The van der Waals surface area contributed by atoms with E-state index in [1.807, 2.05) is 24.3 Å². The Morgan fingerprint density at radius 2 is 2.25 bits per heavy atom. The van der Waals surface area contributed by atoms with E-state index in [1.165, 1.54) is 5.56 Å². The molecule has 1 nitrogen and oxygen atoms in total. The number of hydrogen-bond acceptors (Lipinski definition) is 1. The molecule has 0 aromatic heterocycles. The van der Waals surface area contributed by atoms with Crippen LogP contribution in [-0.2, 0) is 0 Å². The quantitative estimate of drug-likeness (QED) is 0.574. The molecule has 1 aromatic carbocycles. The van der Waals surface area contributed by atoms with Gasteiger partial charge in [0.15, 0.2) is 0 Å². The maximum atomic E-state index is 5.51. The molecule has 1 aliphatic heterocycles. The lowest BCUT2D eigenvalue weighted by Gasteiger charge is -2.22. The zero-order valence-electron chi connectivity index (χ0n) is 6.99. The summed E-state index contributed by atoms with van der Waals surface area (Å²) in [5, 5.41) is 0. The molecule has 1 unspecified atom stereocenters. The van der Waals surface area contributed by atoms with Gasteiger partial charge in [0, 0.05) is 11.5 Å². The fourth-order valence-corrected chi connectivity index (χ4v) is 1.61. The molecular formula is C11H12O. The number of hydrogen-bond donors (Lipinski definition) is 0. The third-order valence-corrected chi connectivity index (χ3v) is 2.29. The molecule has 1 heteroatoms. The van der Waals surface area contributed by atoms with E-state index >= 15 is 0 Å². The van der Waals surface area contributed by atoms with Gasteiger partial charge in [0.05, 0.1) is 6.61 Å². The summed E-state index contributed by atoms with van der Waals surface area (Å²) in [5.41, 5.74) is 1.28. The molecule has 0 bridgehead atoms. The van der Waals surface area contributed by atoms with Crippen molar-refractivity contribution in [1.82, 2.24) is 0 Å². The Hall–Kier alpha value is -1.24. The fraction of sp³-hybridized carbons (Fsp3) is 0.273. The first-order valence-electron chi connectivity index (χ1n) is 4.26. The van der Waals surface area contributed by atoms with Gasteiger partial charge in [-0.25, -0.2) is 0 Å². The molecule has 0 N–H and O–H groups in total. The van der Waals surface area contributed by atoms with Gasteiger partial charge in [0.1, 0.15) is 5.75 Å². The Balaban J connectivity index is 2.43. The molecular weight excluding hydrogens is 148 g/mol. The predicted molar refractivity (Wildman–Crippen MR) is 49.5 cm³/mol. The van der Waals surface area contributed by atoms with Crippen molar-refractivity contribution >= 4 is 0 Å². The van der Waals surface area contributed by atoms with Gasteiger partial charge < -0.3 is 4.74 Å². The van der Waals surface area contributed by atoms with E-state index in [9.17, 15) is 0 Å². The average Bonchev–Trinajstić information content (AvgIpc) is 2.17. The van der Waals surface area contributed by atoms with Crippen LogP contribution in [0.15, 0.2) is 36.9 Å². The summed E-state index contributed by atoms with van der Waals surface area (Å²) in [4.78, 5) is 0. The molecule has 0 fully saturated rings. The van der Waals surface area contributed by atoms with Gasteiger partial charge >= 0.3 is 0 Å². The van der Waals surface area contributed by atoms with Gasteiger partial charge in [0.25, 0.3) is 0 Å². The second-order valence-corrected chi connectivity index (χ2v) is 3.02. The molecule has 2 rings (SSSR count). The lowest BCUT2D eigenvalue weighted by molar-refractivity contribution is 0.279. The maximum absolute atomic E-state index is 5.51. The molecule has 12 heavy (non-hydrogen) atoms. The van der Waals surface area contributed by atoms with Gasteiger partial charge in [-0.2, -0.15) is 0 Å². The lowest BCUT2D eigenvalue weighted by Crippen LogP contribution is -2.12. The Labute approximate surface area is 72.7 Å². The number of fused-ring (bicyclic) bond motifs is 1. The number of benzene rings is 1. The fourth-order valence-electron chi connectivity index (χ4n) is 1.61. The lowest BCUT2D eigenvalue weighted by atomic mass is 9.93. The van der Waals surface area contributed by atoms with E-state index < -0.39 is 0 Å². The highest BCUT2D eigenvalue weighted by molar-refractivity contribution is 5.39. The van der Waals surface area contributed by atoms with Crippen LogP contribution in [0.3, 0.4) is 0 Å². The molecule has 0 spiro atoms. The third-order valence-electron chi connectivity index (χ3n) is 2.29. The normalized spacial score (nSPS) is 20.8. The van der Waals surface area contributed by atoms with Crippen LogP contribution in [0.5, 0.6) is 5.75 Å². The number of rotatable bonds is 1. The Morgan fingerprint density at radius 3 is 3.08 bits per heavy atom. The van der Waals surface area contributed by atoms with Crippen LogP contribution in [0.2, 0.25) is 0 Å². The summed E-state index contributed by atoms with van der Waals surface area (Å²) >= 11 is 0. The average molecular weight is 160 g/mol. The summed E-state index contributed by atoms with van der Waals surface area (Å²) in [5.74, 6) is 1.50. The van der Waals surface area contributed by atoms with Crippen molar-refractivity contribution < 1.29 is 4.74 Å². The van der Waals surface area contributed by atoms with E-state index in [-0.39, 0.29) is 0 Å². The highest BCUT2D eigenvalue weighted by Crippen LogP contribution is 2.33. The van der Waals surface area contributed by atoms with Crippen LogP contribution < -0.4 is 4.74 Å². The summed E-state index contributed by atoms with van der Waals surface area (Å²) in [6.45, 7) is 4.64.